The highest BCUT2D eigenvalue weighted by Gasteiger charge is 2.14. The molecule has 0 unspecified atom stereocenters. The molecular formula is C14H18BrN3O3. The third kappa shape index (κ3) is 3.95. The molecule has 1 aromatic carbocycles. The summed E-state index contributed by atoms with van der Waals surface area (Å²) in [6, 6.07) is 3.96. The van der Waals surface area contributed by atoms with Gasteiger partial charge in [-0.3, -0.25) is 0 Å². The van der Waals surface area contributed by atoms with Gasteiger partial charge in [-0.05, 0) is 47.1 Å². The first-order valence-corrected chi connectivity index (χ1v) is 7.43. The zero-order valence-electron chi connectivity index (χ0n) is 12.3. The minimum Gasteiger partial charge on any atom is -0.493 e. The molecule has 6 nitrogen and oxygen atoms in total. The fourth-order valence-corrected chi connectivity index (χ4v) is 2.41. The number of nitrogens with one attached hydrogen (secondary N) is 1. The molecule has 0 bridgehead atoms. The first-order chi connectivity index (χ1) is 10.2. The van der Waals surface area contributed by atoms with Crippen LogP contribution in [0.4, 0.5) is 0 Å². The van der Waals surface area contributed by atoms with Gasteiger partial charge in [-0.25, -0.2) is 4.63 Å². The zero-order chi connectivity index (χ0) is 15.2. The summed E-state index contributed by atoms with van der Waals surface area (Å²) in [5, 5.41) is 10.8. The molecule has 1 N–H and O–H groups in total. The van der Waals surface area contributed by atoms with Crippen LogP contribution in [-0.4, -0.2) is 24.0 Å². The standard InChI is InChI=1S/C14H18BrN3O3/c1-4-16-7-10-5-11(15)14(13(6-10)19-3)20-8-12-9(2)17-21-18-12/h5-6,16H,4,7-8H2,1-3H3. The number of hydrogen-bond acceptors (Lipinski definition) is 6. The second-order valence-corrected chi connectivity index (χ2v) is 5.33. The van der Waals surface area contributed by atoms with E-state index in [1.807, 2.05) is 19.1 Å². The monoisotopic (exact) mass is 355 g/mol. The van der Waals surface area contributed by atoms with E-state index in [9.17, 15) is 0 Å². The van der Waals surface area contributed by atoms with Gasteiger partial charge in [-0.1, -0.05) is 17.2 Å². The Morgan fingerprint density at radius 2 is 2.14 bits per heavy atom. The van der Waals surface area contributed by atoms with Gasteiger partial charge in [0.2, 0.25) is 0 Å². The Balaban J connectivity index is 2.16. The summed E-state index contributed by atoms with van der Waals surface area (Å²) in [4.78, 5) is 0. The van der Waals surface area contributed by atoms with Crippen molar-refractivity contribution < 1.29 is 14.1 Å². The van der Waals surface area contributed by atoms with E-state index in [1.165, 1.54) is 0 Å². The van der Waals surface area contributed by atoms with E-state index in [0.29, 0.717) is 22.9 Å². The summed E-state index contributed by atoms with van der Waals surface area (Å²) in [5.41, 5.74) is 2.50. The van der Waals surface area contributed by atoms with Crippen molar-refractivity contribution in [3.63, 3.8) is 0 Å². The number of benzene rings is 1. The molecule has 0 amide bonds. The molecule has 7 heteroatoms. The summed E-state index contributed by atoms with van der Waals surface area (Å²) in [5.74, 6) is 1.31. The van der Waals surface area contributed by atoms with E-state index in [2.05, 4.69) is 43.1 Å². The van der Waals surface area contributed by atoms with Crippen molar-refractivity contribution in [3.05, 3.63) is 33.6 Å². The van der Waals surface area contributed by atoms with Crippen LogP contribution in [0.25, 0.3) is 0 Å². The molecule has 1 heterocycles. The van der Waals surface area contributed by atoms with Gasteiger partial charge in [0.05, 0.1) is 11.6 Å². The molecule has 21 heavy (non-hydrogen) atoms. The summed E-state index contributed by atoms with van der Waals surface area (Å²) in [6.45, 7) is 5.85. The highest BCUT2D eigenvalue weighted by Crippen LogP contribution is 2.37. The number of rotatable bonds is 7. The fraction of sp³-hybridized carbons (Fsp3) is 0.429. The average molecular weight is 356 g/mol. The summed E-state index contributed by atoms with van der Waals surface area (Å²) < 4.78 is 16.7. The third-order valence-electron chi connectivity index (χ3n) is 2.97. The van der Waals surface area contributed by atoms with E-state index < -0.39 is 0 Å². The smallest absolute Gasteiger partial charge is 0.175 e. The van der Waals surface area contributed by atoms with Crippen LogP contribution in [0.3, 0.4) is 0 Å². The van der Waals surface area contributed by atoms with Crippen molar-refractivity contribution >= 4 is 15.9 Å². The molecule has 0 fully saturated rings. The Morgan fingerprint density at radius 1 is 1.33 bits per heavy atom. The van der Waals surface area contributed by atoms with Crippen LogP contribution in [0, 0.1) is 6.92 Å². The maximum absolute atomic E-state index is 5.79. The summed E-state index contributed by atoms with van der Waals surface area (Å²) in [6.07, 6.45) is 0. The molecule has 0 aliphatic carbocycles. The molecule has 0 aliphatic heterocycles. The quantitative estimate of drug-likeness (QED) is 0.823. The van der Waals surface area contributed by atoms with E-state index in [1.54, 1.807) is 7.11 Å². The molecule has 0 radical (unpaired) electrons. The van der Waals surface area contributed by atoms with Crippen molar-refractivity contribution in [1.29, 1.82) is 0 Å². The third-order valence-corrected chi connectivity index (χ3v) is 3.56. The van der Waals surface area contributed by atoms with E-state index in [0.717, 1.165) is 23.1 Å². The van der Waals surface area contributed by atoms with Crippen molar-refractivity contribution in [2.24, 2.45) is 0 Å². The van der Waals surface area contributed by atoms with Gasteiger partial charge in [-0.2, -0.15) is 0 Å². The van der Waals surface area contributed by atoms with Gasteiger partial charge in [-0.15, -0.1) is 0 Å². The lowest BCUT2D eigenvalue weighted by Crippen LogP contribution is -2.12. The van der Waals surface area contributed by atoms with E-state index >= 15 is 0 Å². The number of ether oxygens (including phenoxy) is 2. The zero-order valence-corrected chi connectivity index (χ0v) is 13.9. The maximum atomic E-state index is 5.79. The number of aryl methyl sites for hydroxylation is 1. The van der Waals surface area contributed by atoms with Crippen LogP contribution in [0.5, 0.6) is 11.5 Å². The Hall–Kier alpha value is -1.60. The lowest BCUT2D eigenvalue weighted by atomic mass is 10.2. The summed E-state index contributed by atoms with van der Waals surface area (Å²) >= 11 is 3.52. The van der Waals surface area contributed by atoms with Crippen molar-refractivity contribution in [3.8, 4) is 11.5 Å². The predicted octanol–water partition coefficient (Wildman–Crippen LogP) is 2.84. The maximum Gasteiger partial charge on any atom is 0.175 e. The Morgan fingerprint density at radius 3 is 2.76 bits per heavy atom. The van der Waals surface area contributed by atoms with Gasteiger partial charge in [0.1, 0.15) is 18.0 Å². The Kier molecular flexibility index (Phi) is 5.58. The van der Waals surface area contributed by atoms with Crippen LogP contribution in [-0.2, 0) is 13.2 Å². The van der Waals surface area contributed by atoms with Gasteiger partial charge in [0, 0.05) is 6.54 Å². The lowest BCUT2D eigenvalue weighted by Gasteiger charge is -2.14. The largest absolute Gasteiger partial charge is 0.493 e. The molecular weight excluding hydrogens is 338 g/mol. The van der Waals surface area contributed by atoms with Crippen LogP contribution in [0.1, 0.15) is 23.9 Å². The van der Waals surface area contributed by atoms with Crippen LogP contribution in [0.2, 0.25) is 0 Å². The van der Waals surface area contributed by atoms with Crippen LogP contribution < -0.4 is 14.8 Å². The molecule has 0 spiro atoms. The van der Waals surface area contributed by atoms with Gasteiger partial charge in [0.25, 0.3) is 0 Å². The van der Waals surface area contributed by atoms with Gasteiger partial charge < -0.3 is 14.8 Å². The molecule has 114 valence electrons. The predicted molar refractivity (Wildman–Crippen MR) is 81.4 cm³/mol. The first kappa shape index (κ1) is 15.8. The average Bonchev–Trinajstić information content (AvgIpc) is 2.88. The molecule has 1 aromatic heterocycles. The molecule has 2 aromatic rings. The molecule has 2 rings (SSSR count). The van der Waals surface area contributed by atoms with Gasteiger partial charge >= 0.3 is 0 Å². The first-order valence-electron chi connectivity index (χ1n) is 6.63. The topological polar surface area (TPSA) is 69.4 Å². The molecule has 0 saturated carbocycles. The normalized spacial score (nSPS) is 10.7. The fourth-order valence-electron chi connectivity index (χ4n) is 1.81. The van der Waals surface area contributed by atoms with Gasteiger partial charge in [0.15, 0.2) is 11.5 Å². The summed E-state index contributed by atoms with van der Waals surface area (Å²) in [7, 11) is 1.62. The number of nitrogens with zero attached hydrogens (tertiary/aromatic N) is 2. The van der Waals surface area contributed by atoms with E-state index in [4.69, 9.17) is 9.47 Å². The highest BCUT2D eigenvalue weighted by molar-refractivity contribution is 9.10. The highest BCUT2D eigenvalue weighted by atomic mass is 79.9. The number of methoxy groups -OCH3 is 1. The lowest BCUT2D eigenvalue weighted by molar-refractivity contribution is 0.259. The van der Waals surface area contributed by atoms with Crippen molar-refractivity contribution in [2.75, 3.05) is 13.7 Å². The number of aromatic nitrogens is 2. The molecule has 0 atom stereocenters. The minimum atomic E-state index is 0.275. The van der Waals surface area contributed by atoms with Crippen LogP contribution >= 0.6 is 15.9 Å². The Bertz CT molecular complexity index is 601. The number of halogens is 1. The minimum absolute atomic E-state index is 0.275. The SMILES string of the molecule is CCNCc1cc(Br)c(OCc2nonc2C)c(OC)c1. The van der Waals surface area contributed by atoms with Crippen molar-refractivity contribution in [1.82, 2.24) is 15.6 Å². The van der Waals surface area contributed by atoms with Crippen molar-refractivity contribution in [2.45, 2.75) is 27.0 Å². The second-order valence-electron chi connectivity index (χ2n) is 4.47. The number of hydrogen-bond donors (Lipinski definition) is 1. The van der Waals surface area contributed by atoms with E-state index in [-0.39, 0.29) is 6.61 Å². The molecule has 0 saturated heterocycles. The molecule has 0 aliphatic rings. The second kappa shape index (κ2) is 7.42. The Labute approximate surface area is 131 Å². The van der Waals surface area contributed by atoms with Crippen LogP contribution in [0.15, 0.2) is 21.2 Å².